The summed E-state index contributed by atoms with van der Waals surface area (Å²) < 4.78 is 13.3. The van der Waals surface area contributed by atoms with Crippen LogP contribution in [-0.4, -0.2) is 17.4 Å². The first-order valence-corrected chi connectivity index (χ1v) is 5.90. The molecule has 1 atom stereocenters. The molecule has 4 heteroatoms. The van der Waals surface area contributed by atoms with E-state index in [2.05, 4.69) is 0 Å². The number of amides is 1. The average molecular weight is 236 g/mol. The number of hydrogen-bond donors (Lipinski definition) is 1. The van der Waals surface area contributed by atoms with Crippen molar-refractivity contribution in [1.82, 2.24) is 4.90 Å². The van der Waals surface area contributed by atoms with Gasteiger partial charge in [0.1, 0.15) is 5.82 Å². The third-order valence-electron chi connectivity index (χ3n) is 3.24. The molecule has 1 saturated heterocycles. The number of anilines is 1. The van der Waals surface area contributed by atoms with Crippen LogP contribution in [-0.2, 0) is 11.3 Å². The zero-order chi connectivity index (χ0) is 12.4. The van der Waals surface area contributed by atoms with E-state index in [4.69, 9.17) is 5.73 Å². The van der Waals surface area contributed by atoms with Crippen LogP contribution in [0.4, 0.5) is 10.1 Å². The van der Waals surface area contributed by atoms with Gasteiger partial charge in [-0.15, -0.1) is 0 Å². The van der Waals surface area contributed by atoms with Crippen molar-refractivity contribution in [3.63, 3.8) is 0 Å². The zero-order valence-electron chi connectivity index (χ0n) is 9.95. The molecule has 17 heavy (non-hydrogen) atoms. The maximum Gasteiger partial charge on any atom is 0.225 e. The highest BCUT2D eigenvalue weighted by atomic mass is 19.1. The van der Waals surface area contributed by atoms with Crippen molar-refractivity contribution in [3.05, 3.63) is 29.6 Å². The second-order valence-corrected chi connectivity index (χ2v) is 4.66. The Morgan fingerprint density at radius 3 is 3.00 bits per heavy atom. The summed E-state index contributed by atoms with van der Waals surface area (Å²) in [4.78, 5) is 13.7. The molecular weight excluding hydrogens is 219 g/mol. The van der Waals surface area contributed by atoms with Crippen molar-refractivity contribution in [2.24, 2.45) is 5.92 Å². The van der Waals surface area contributed by atoms with Crippen LogP contribution in [0.5, 0.6) is 0 Å². The van der Waals surface area contributed by atoms with Crippen LogP contribution in [0, 0.1) is 11.7 Å². The molecule has 0 aliphatic carbocycles. The second-order valence-electron chi connectivity index (χ2n) is 4.66. The molecule has 92 valence electrons. The lowest BCUT2D eigenvalue weighted by atomic mass is 9.98. The fourth-order valence-corrected chi connectivity index (χ4v) is 2.18. The summed E-state index contributed by atoms with van der Waals surface area (Å²) in [6.07, 6.45) is 1.97. The topological polar surface area (TPSA) is 46.3 Å². The molecule has 1 fully saturated rings. The molecule has 2 rings (SSSR count). The van der Waals surface area contributed by atoms with Gasteiger partial charge in [-0.1, -0.05) is 13.0 Å². The highest BCUT2D eigenvalue weighted by molar-refractivity contribution is 5.79. The number of carbonyl (C=O) groups is 1. The van der Waals surface area contributed by atoms with Crippen LogP contribution in [0.15, 0.2) is 18.2 Å². The summed E-state index contributed by atoms with van der Waals surface area (Å²) in [5.74, 6) is -0.170. The second kappa shape index (κ2) is 4.73. The number of piperidine rings is 1. The van der Waals surface area contributed by atoms with Gasteiger partial charge in [-0.05, 0) is 30.5 Å². The fourth-order valence-electron chi connectivity index (χ4n) is 2.18. The Balaban J connectivity index is 2.09. The fraction of sp³-hybridized carbons (Fsp3) is 0.462. The maximum absolute atomic E-state index is 13.3. The van der Waals surface area contributed by atoms with Crippen LogP contribution in [0.1, 0.15) is 25.3 Å². The summed E-state index contributed by atoms with van der Waals surface area (Å²) in [7, 11) is 0. The number of likely N-dealkylation sites (tertiary alicyclic amines) is 1. The number of nitrogens with zero attached hydrogens (tertiary/aromatic N) is 1. The molecule has 1 heterocycles. The maximum atomic E-state index is 13.3. The summed E-state index contributed by atoms with van der Waals surface area (Å²) in [6.45, 7) is 3.17. The molecule has 0 saturated carbocycles. The first-order valence-electron chi connectivity index (χ1n) is 5.90. The van der Waals surface area contributed by atoms with E-state index in [0.717, 1.165) is 24.9 Å². The number of halogens is 1. The molecule has 0 spiro atoms. The Kier molecular flexibility index (Phi) is 3.31. The van der Waals surface area contributed by atoms with E-state index >= 15 is 0 Å². The lowest BCUT2D eigenvalue weighted by Crippen LogP contribution is -2.39. The third kappa shape index (κ3) is 2.57. The van der Waals surface area contributed by atoms with E-state index in [1.807, 2.05) is 6.92 Å². The lowest BCUT2D eigenvalue weighted by Gasteiger charge is -2.30. The summed E-state index contributed by atoms with van der Waals surface area (Å²) in [5, 5.41) is 0. The number of carbonyl (C=O) groups excluding carboxylic acids is 1. The minimum absolute atomic E-state index is 0.0855. The van der Waals surface area contributed by atoms with E-state index < -0.39 is 5.82 Å². The number of nitrogen functional groups attached to an aromatic ring is 1. The van der Waals surface area contributed by atoms with Gasteiger partial charge in [0.2, 0.25) is 5.91 Å². The van der Waals surface area contributed by atoms with E-state index in [-0.39, 0.29) is 17.5 Å². The predicted molar refractivity (Wildman–Crippen MR) is 64.6 cm³/mol. The monoisotopic (exact) mass is 236 g/mol. The van der Waals surface area contributed by atoms with Crippen molar-refractivity contribution in [1.29, 1.82) is 0 Å². The Labute approximate surface area is 100 Å². The van der Waals surface area contributed by atoms with E-state index in [1.165, 1.54) is 6.07 Å². The summed E-state index contributed by atoms with van der Waals surface area (Å²) >= 11 is 0. The first kappa shape index (κ1) is 11.9. The molecule has 2 N–H and O–H groups in total. The summed E-state index contributed by atoms with van der Waals surface area (Å²) in [6, 6.07) is 4.72. The van der Waals surface area contributed by atoms with Crippen LogP contribution in [0.3, 0.4) is 0 Å². The Morgan fingerprint density at radius 1 is 1.53 bits per heavy atom. The molecule has 0 aromatic heterocycles. The van der Waals surface area contributed by atoms with Gasteiger partial charge in [-0.2, -0.15) is 0 Å². The first-order chi connectivity index (χ1) is 8.08. The Morgan fingerprint density at radius 2 is 2.29 bits per heavy atom. The zero-order valence-corrected chi connectivity index (χ0v) is 9.95. The highest BCUT2D eigenvalue weighted by Crippen LogP contribution is 2.20. The molecule has 3 nitrogen and oxygen atoms in total. The molecule has 1 aromatic carbocycles. The highest BCUT2D eigenvalue weighted by Gasteiger charge is 2.24. The van der Waals surface area contributed by atoms with Gasteiger partial charge in [-0.25, -0.2) is 4.39 Å². The lowest BCUT2D eigenvalue weighted by molar-refractivity contribution is -0.138. The van der Waals surface area contributed by atoms with Crippen molar-refractivity contribution < 1.29 is 9.18 Å². The molecule has 0 radical (unpaired) electrons. The van der Waals surface area contributed by atoms with Gasteiger partial charge in [0.25, 0.3) is 0 Å². The van der Waals surface area contributed by atoms with Crippen LogP contribution < -0.4 is 5.73 Å². The number of hydrogen-bond acceptors (Lipinski definition) is 2. The van der Waals surface area contributed by atoms with Gasteiger partial charge in [0.05, 0.1) is 5.69 Å². The van der Waals surface area contributed by atoms with Crippen molar-refractivity contribution in [2.45, 2.75) is 26.3 Å². The number of nitrogens with two attached hydrogens (primary N) is 1. The van der Waals surface area contributed by atoms with Crippen molar-refractivity contribution in [3.8, 4) is 0 Å². The SMILES string of the molecule is CC1CCCN(Cc2ccc(N)c(F)c2)C1=O. The minimum Gasteiger partial charge on any atom is -0.396 e. The van der Waals surface area contributed by atoms with E-state index in [0.29, 0.717) is 6.54 Å². The number of benzene rings is 1. The van der Waals surface area contributed by atoms with E-state index in [9.17, 15) is 9.18 Å². The van der Waals surface area contributed by atoms with Crippen molar-refractivity contribution >= 4 is 11.6 Å². The Hall–Kier alpha value is -1.58. The van der Waals surface area contributed by atoms with Crippen molar-refractivity contribution in [2.75, 3.05) is 12.3 Å². The molecular formula is C13H17FN2O. The molecule has 1 aliphatic heterocycles. The van der Waals surface area contributed by atoms with E-state index in [1.54, 1.807) is 17.0 Å². The molecule has 1 aliphatic rings. The van der Waals surface area contributed by atoms with Gasteiger partial charge < -0.3 is 10.6 Å². The molecule has 0 bridgehead atoms. The standard InChI is InChI=1S/C13H17FN2O/c1-9-3-2-6-16(13(9)17)8-10-4-5-12(15)11(14)7-10/h4-5,7,9H,2-3,6,8,15H2,1H3. The quantitative estimate of drug-likeness (QED) is 0.800. The predicted octanol–water partition coefficient (Wildman–Crippen LogP) is 2.17. The average Bonchev–Trinajstić information content (AvgIpc) is 2.30. The molecule has 1 amide bonds. The minimum atomic E-state index is -0.417. The van der Waals surface area contributed by atoms with Gasteiger partial charge in [0.15, 0.2) is 0 Å². The van der Waals surface area contributed by atoms with Gasteiger partial charge in [0, 0.05) is 19.0 Å². The third-order valence-corrected chi connectivity index (χ3v) is 3.24. The normalized spacial score (nSPS) is 20.7. The van der Waals surface area contributed by atoms with Crippen LogP contribution in [0.2, 0.25) is 0 Å². The number of rotatable bonds is 2. The van der Waals surface area contributed by atoms with Crippen LogP contribution >= 0.6 is 0 Å². The molecule has 1 unspecified atom stereocenters. The van der Waals surface area contributed by atoms with Gasteiger partial charge >= 0.3 is 0 Å². The summed E-state index contributed by atoms with van der Waals surface area (Å²) in [5.41, 5.74) is 6.35. The Bertz CT molecular complexity index is 433. The largest absolute Gasteiger partial charge is 0.396 e. The smallest absolute Gasteiger partial charge is 0.225 e. The molecule has 1 aromatic rings. The van der Waals surface area contributed by atoms with Gasteiger partial charge in [-0.3, -0.25) is 4.79 Å². The van der Waals surface area contributed by atoms with Crippen LogP contribution in [0.25, 0.3) is 0 Å².